The van der Waals surface area contributed by atoms with Crippen LogP contribution in [0.15, 0.2) is 18.2 Å². The Morgan fingerprint density at radius 2 is 2.06 bits per heavy atom. The van der Waals surface area contributed by atoms with Crippen LogP contribution in [0.25, 0.3) is 0 Å². The van der Waals surface area contributed by atoms with E-state index in [2.05, 4.69) is 19.2 Å². The van der Waals surface area contributed by atoms with Gasteiger partial charge in [0, 0.05) is 6.54 Å². The van der Waals surface area contributed by atoms with E-state index in [0.29, 0.717) is 12.5 Å². The van der Waals surface area contributed by atoms with Gasteiger partial charge in [0.1, 0.15) is 5.75 Å². The summed E-state index contributed by atoms with van der Waals surface area (Å²) in [6, 6.07) is 5.94. The van der Waals surface area contributed by atoms with Gasteiger partial charge in [-0.25, -0.2) is 0 Å². The summed E-state index contributed by atoms with van der Waals surface area (Å²) in [6.45, 7) is 4.29. The van der Waals surface area contributed by atoms with Crippen LogP contribution in [0, 0.1) is 0 Å². The van der Waals surface area contributed by atoms with E-state index in [-0.39, 0.29) is 6.61 Å². The monoisotopic (exact) mass is 239 g/mol. The van der Waals surface area contributed by atoms with Gasteiger partial charge in [0.25, 0.3) is 0 Å². The molecule has 0 saturated heterocycles. The van der Waals surface area contributed by atoms with E-state index in [1.807, 2.05) is 18.2 Å². The summed E-state index contributed by atoms with van der Waals surface area (Å²) in [5, 5.41) is 21.1. The highest BCUT2D eigenvalue weighted by atomic mass is 16.5. The number of rotatable bonds is 6. The number of hydrogen-bond acceptors (Lipinski definition) is 4. The number of methoxy groups -OCH3 is 1. The molecule has 4 heteroatoms. The van der Waals surface area contributed by atoms with Crippen LogP contribution in [0.5, 0.6) is 5.75 Å². The highest BCUT2D eigenvalue weighted by molar-refractivity contribution is 5.58. The lowest BCUT2D eigenvalue weighted by molar-refractivity contribution is 0.105. The second-order valence-electron chi connectivity index (χ2n) is 4.33. The molecule has 0 spiro atoms. The van der Waals surface area contributed by atoms with Crippen LogP contribution in [-0.4, -0.2) is 36.6 Å². The standard InChI is InChI=1S/C13H21NO3/c1-9(2)10-4-5-13(17-3)12(6-10)14-7-11(16)8-15/h4-6,9,11,14-16H,7-8H2,1-3H3. The molecule has 1 atom stereocenters. The second-order valence-corrected chi connectivity index (χ2v) is 4.33. The Balaban J connectivity index is 2.82. The maximum Gasteiger partial charge on any atom is 0.141 e. The molecular formula is C13H21NO3. The number of benzene rings is 1. The predicted octanol–water partition coefficient (Wildman–Crippen LogP) is 1.58. The summed E-state index contributed by atoms with van der Waals surface area (Å²) in [6.07, 6.45) is -0.762. The summed E-state index contributed by atoms with van der Waals surface area (Å²) in [4.78, 5) is 0. The zero-order valence-corrected chi connectivity index (χ0v) is 10.6. The number of anilines is 1. The molecule has 0 saturated carbocycles. The predicted molar refractivity (Wildman–Crippen MR) is 68.7 cm³/mol. The van der Waals surface area contributed by atoms with E-state index < -0.39 is 6.10 Å². The van der Waals surface area contributed by atoms with E-state index in [9.17, 15) is 5.11 Å². The first-order valence-corrected chi connectivity index (χ1v) is 5.79. The number of ether oxygens (including phenoxy) is 1. The third kappa shape index (κ3) is 3.91. The van der Waals surface area contributed by atoms with Gasteiger partial charge in [-0.3, -0.25) is 0 Å². The average Bonchev–Trinajstić information content (AvgIpc) is 2.35. The van der Waals surface area contributed by atoms with Crippen molar-refractivity contribution in [2.45, 2.75) is 25.9 Å². The lowest BCUT2D eigenvalue weighted by Gasteiger charge is -2.16. The van der Waals surface area contributed by atoms with Crippen molar-refractivity contribution in [3.63, 3.8) is 0 Å². The Labute approximate surface area is 102 Å². The number of aliphatic hydroxyl groups excluding tert-OH is 2. The molecule has 0 fully saturated rings. The van der Waals surface area contributed by atoms with Crippen LogP contribution in [0.2, 0.25) is 0 Å². The van der Waals surface area contributed by atoms with Gasteiger partial charge < -0.3 is 20.3 Å². The van der Waals surface area contributed by atoms with Crippen molar-refractivity contribution in [2.75, 3.05) is 25.6 Å². The zero-order chi connectivity index (χ0) is 12.8. The molecule has 3 N–H and O–H groups in total. The molecule has 0 aliphatic carbocycles. The third-order valence-corrected chi connectivity index (χ3v) is 2.63. The van der Waals surface area contributed by atoms with Crippen molar-refractivity contribution in [1.29, 1.82) is 0 Å². The Morgan fingerprint density at radius 3 is 2.59 bits per heavy atom. The number of nitrogens with one attached hydrogen (secondary N) is 1. The van der Waals surface area contributed by atoms with Crippen molar-refractivity contribution in [3.8, 4) is 5.75 Å². The first kappa shape index (κ1) is 13.8. The first-order chi connectivity index (χ1) is 8.08. The fourth-order valence-corrected chi connectivity index (χ4v) is 1.52. The van der Waals surface area contributed by atoms with Crippen LogP contribution in [0.3, 0.4) is 0 Å². The van der Waals surface area contributed by atoms with Gasteiger partial charge in [-0.1, -0.05) is 19.9 Å². The normalized spacial score (nSPS) is 12.6. The minimum atomic E-state index is -0.762. The van der Waals surface area contributed by atoms with Gasteiger partial charge in [0.2, 0.25) is 0 Å². The molecule has 0 heterocycles. The van der Waals surface area contributed by atoms with E-state index in [4.69, 9.17) is 9.84 Å². The van der Waals surface area contributed by atoms with E-state index in [1.165, 1.54) is 5.56 Å². The van der Waals surface area contributed by atoms with Crippen molar-refractivity contribution >= 4 is 5.69 Å². The first-order valence-electron chi connectivity index (χ1n) is 5.79. The summed E-state index contributed by atoms with van der Waals surface area (Å²) >= 11 is 0. The Hall–Kier alpha value is -1.26. The third-order valence-electron chi connectivity index (χ3n) is 2.63. The molecule has 1 aromatic carbocycles. The molecule has 1 rings (SSSR count). The summed E-state index contributed by atoms with van der Waals surface area (Å²) in [5.74, 6) is 1.17. The van der Waals surface area contributed by atoms with Crippen molar-refractivity contribution < 1.29 is 14.9 Å². The minimum absolute atomic E-state index is 0.251. The molecule has 0 aliphatic rings. The van der Waals surface area contributed by atoms with Crippen molar-refractivity contribution in [1.82, 2.24) is 0 Å². The molecular weight excluding hydrogens is 218 g/mol. The molecule has 96 valence electrons. The van der Waals surface area contributed by atoms with Gasteiger partial charge in [-0.05, 0) is 23.6 Å². The smallest absolute Gasteiger partial charge is 0.141 e. The maximum absolute atomic E-state index is 9.31. The van der Waals surface area contributed by atoms with Crippen LogP contribution in [-0.2, 0) is 0 Å². The van der Waals surface area contributed by atoms with Crippen LogP contribution >= 0.6 is 0 Å². The molecule has 0 radical (unpaired) electrons. The molecule has 0 aliphatic heterocycles. The minimum Gasteiger partial charge on any atom is -0.495 e. The molecule has 1 aromatic rings. The molecule has 1 unspecified atom stereocenters. The topological polar surface area (TPSA) is 61.7 Å². The van der Waals surface area contributed by atoms with E-state index in [0.717, 1.165) is 11.4 Å². The van der Waals surface area contributed by atoms with E-state index >= 15 is 0 Å². The van der Waals surface area contributed by atoms with Crippen LogP contribution < -0.4 is 10.1 Å². The SMILES string of the molecule is COc1ccc(C(C)C)cc1NCC(O)CO. The largest absolute Gasteiger partial charge is 0.495 e. The Kier molecular flexibility index (Phi) is 5.25. The quantitative estimate of drug-likeness (QED) is 0.705. The lowest BCUT2D eigenvalue weighted by atomic mass is 10.0. The van der Waals surface area contributed by atoms with Gasteiger partial charge in [0.05, 0.1) is 25.5 Å². The van der Waals surface area contributed by atoms with Gasteiger partial charge in [-0.15, -0.1) is 0 Å². The Morgan fingerprint density at radius 1 is 1.35 bits per heavy atom. The fraction of sp³-hybridized carbons (Fsp3) is 0.538. The highest BCUT2D eigenvalue weighted by Crippen LogP contribution is 2.28. The molecule has 0 amide bonds. The maximum atomic E-state index is 9.31. The number of aliphatic hydroxyl groups is 2. The summed E-state index contributed by atoms with van der Waals surface area (Å²) in [7, 11) is 1.61. The van der Waals surface area contributed by atoms with Gasteiger partial charge in [0.15, 0.2) is 0 Å². The van der Waals surface area contributed by atoms with E-state index in [1.54, 1.807) is 7.11 Å². The van der Waals surface area contributed by atoms with Gasteiger partial charge in [-0.2, -0.15) is 0 Å². The highest BCUT2D eigenvalue weighted by Gasteiger charge is 2.08. The zero-order valence-electron chi connectivity index (χ0n) is 10.6. The van der Waals surface area contributed by atoms with Crippen molar-refractivity contribution in [3.05, 3.63) is 23.8 Å². The van der Waals surface area contributed by atoms with Crippen LogP contribution in [0.4, 0.5) is 5.69 Å². The van der Waals surface area contributed by atoms with Crippen LogP contribution in [0.1, 0.15) is 25.3 Å². The fourth-order valence-electron chi connectivity index (χ4n) is 1.52. The lowest BCUT2D eigenvalue weighted by Crippen LogP contribution is -2.23. The summed E-state index contributed by atoms with van der Waals surface area (Å²) < 4.78 is 5.24. The second kappa shape index (κ2) is 6.47. The molecule has 0 aromatic heterocycles. The van der Waals surface area contributed by atoms with Crippen molar-refractivity contribution in [2.24, 2.45) is 0 Å². The molecule has 4 nitrogen and oxygen atoms in total. The Bertz CT molecular complexity index is 353. The number of hydrogen-bond donors (Lipinski definition) is 3. The molecule has 0 bridgehead atoms. The average molecular weight is 239 g/mol. The van der Waals surface area contributed by atoms with Gasteiger partial charge >= 0.3 is 0 Å². The molecule has 17 heavy (non-hydrogen) atoms. The summed E-state index contributed by atoms with van der Waals surface area (Å²) in [5.41, 5.74) is 2.04.